The molecule has 6 heteroatoms. The molecule has 1 aromatic rings. The number of aryl methyl sites for hydroxylation is 1. The molecule has 1 aromatic heterocycles. The molecular weight excluding hydrogens is 232 g/mol. The van der Waals surface area contributed by atoms with Crippen molar-refractivity contribution in [3.05, 3.63) is 11.7 Å². The summed E-state index contributed by atoms with van der Waals surface area (Å²) in [5, 5.41) is 10.0. The van der Waals surface area contributed by atoms with Crippen LogP contribution in [0, 0.1) is 12.3 Å². The minimum Gasteiger partial charge on any atom is -0.355 e. The third-order valence-corrected chi connectivity index (χ3v) is 3.46. The highest BCUT2D eigenvalue weighted by Crippen LogP contribution is 2.27. The average molecular weight is 252 g/mol. The molecule has 0 aliphatic carbocycles. The fraction of sp³-hybridized carbons (Fsp3) is 0.750. The first kappa shape index (κ1) is 13.0. The average Bonchev–Trinajstić information content (AvgIpc) is 2.76. The van der Waals surface area contributed by atoms with E-state index >= 15 is 0 Å². The first-order valence-corrected chi connectivity index (χ1v) is 6.38. The highest BCUT2D eigenvalue weighted by molar-refractivity contribution is 5.82. The fourth-order valence-corrected chi connectivity index (χ4v) is 2.15. The van der Waals surface area contributed by atoms with Crippen molar-refractivity contribution in [1.82, 2.24) is 20.8 Å². The lowest BCUT2D eigenvalue weighted by Gasteiger charge is -2.32. The second-order valence-electron chi connectivity index (χ2n) is 5.05. The number of aromatic nitrogens is 2. The van der Waals surface area contributed by atoms with Crippen molar-refractivity contribution in [1.29, 1.82) is 0 Å². The van der Waals surface area contributed by atoms with Crippen LogP contribution in [0.1, 0.15) is 31.5 Å². The summed E-state index contributed by atoms with van der Waals surface area (Å²) in [6, 6.07) is 0. The van der Waals surface area contributed by atoms with Gasteiger partial charge in [0.15, 0.2) is 5.82 Å². The molecule has 100 valence electrons. The molecule has 2 N–H and O–H groups in total. The molecule has 1 fully saturated rings. The minimum absolute atomic E-state index is 0.129. The van der Waals surface area contributed by atoms with Gasteiger partial charge in [0, 0.05) is 25.3 Å². The SMILES string of the molecule is Cc1nc(CCNC(=O)C2(C)CCNCC2)no1. The van der Waals surface area contributed by atoms with Crippen LogP contribution in [0.3, 0.4) is 0 Å². The Hall–Kier alpha value is -1.43. The van der Waals surface area contributed by atoms with Gasteiger partial charge < -0.3 is 15.2 Å². The van der Waals surface area contributed by atoms with Gasteiger partial charge in [-0.1, -0.05) is 12.1 Å². The molecule has 1 aliphatic rings. The summed E-state index contributed by atoms with van der Waals surface area (Å²) in [4.78, 5) is 16.2. The fourth-order valence-electron chi connectivity index (χ4n) is 2.15. The molecule has 2 rings (SSSR count). The molecule has 6 nitrogen and oxygen atoms in total. The number of hydrogen-bond donors (Lipinski definition) is 2. The van der Waals surface area contributed by atoms with E-state index < -0.39 is 0 Å². The number of nitrogens with zero attached hydrogens (tertiary/aromatic N) is 2. The Bertz CT molecular complexity index is 410. The maximum Gasteiger partial charge on any atom is 0.226 e. The molecule has 0 aromatic carbocycles. The Balaban J connectivity index is 1.77. The second kappa shape index (κ2) is 5.48. The molecular formula is C12H20N4O2. The van der Waals surface area contributed by atoms with Gasteiger partial charge in [-0.2, -0.15) is 4.98 Å². The monoisotopic (exact) mass is 252 g/mol. The van der Waals surface area contributed by atoms with Crippen LogP contribution >= 0.6 is 0 Å². The van der Waals surface area contributed by atoms with E-state index in [1.54, 1.807) is 6.92 Å². The molecule has 0 bridgehead atoms. The zero-order valence-electron chi connectivity index (χ0n) is 11.0. The standard InChI is InChI=1S/C12H20N4O2/c1-9-15-10(16-18-9)3-6-14-11(17)12(2)4-7-13-8-5-12/h13H,3-8H2,1-2H3,(H,14,17). The van der Waals surface area contributed by atoms with Gasteiger partial charge in [-0.3, -0.25) is 4.79 Å². The van der Waals surface area contributed by atoms with E-state index in [0.29, 0.717) is 24.7 Å². The summed E-state index contributed by atoms with van der Waals surface area (Å²) in [5.41, 5.74) is -0.238. The first-order valence-electron chi connectivity index (χ1n) is 6.38. The molecule has 1 amide bonds. The van der Waals surface area contributed by atoms with Crippen molar-refractivity contribution >= 4 is 5.91 Å². The summed E-state index contributed by atoms with van der Waals surface area (Å²) >= 11 is 0. The predicted molar refractivity (Wildman–Crippen MR) is 66.0 cm³/mol. The van der Waals surface area contributed by atoms with Crippen LogP contribution in [0.2, 0.25) is 0 Å². The van der Waals surface area contributed by atoms with E-state index in [0.717, 1.165) is 25.9 Å². The number of amides is 1. The van der Waals surface area contributed by atoms with E-state index in [1.165, 1.54) is 0 Å². The van der Waals surface area contributed by atoms with Crippen molar-refractivity contribution in [2.24, 2.45) is 5.41 Å². The third-order valence-electron chi connectivity index (χ3n) is 3.46. The van der Waals surface area contributed by atoms with Gasteiger partial charge in [0.2, 0.25) is 11.8 Å². The van der Waals surface area contributed by atoms with Gasteiger partial charge in [-0.15, -0.1) is 0 Å². The number of piperidine rings is 1. The smallest absolute Gasteiger partial charge is 0.226 e. The van der Waals surface area contributed by atoms with Gasteiger partial charge in [0.05, 0.1) is 0 Å². The minimum atomic E-state index is -0.238. The highest BCUT2D eigenvalue weighted by Gasteiger charge is 2.34. The Kier molecular flexibility index (Phi) is 3.96. The first-order chi connectivity index (χ1) is 8.60. The van der Waals surface area contributed by atoms with Crippen LogP contribution in [0.25, 0.3) is 0 Å². The number of rotatable bonds is 4. The topological polar surface area (TPSA) is 80.0 Å². The molecule has 1 saturated heterocycles. The molecule has 0 radical (unpaired) electrons. The molecule has 1 aliphatic heterocycles. The summed E-state index contributed by atoms with van der Waals surface area (Å²) in [7, 11) is 0. The summed E-state index contributed by atoms with van der Waals surface area (Å²) < 4.78 is 4.88. The van der Waals surface area contributed by atoms with Crippen molar-refractivity contribution in [2.75, 3.05) is 19.6 Å². The van der Waals surface area contributed by atoms with E-state index in [2.05, 4.69) is 20.8 Å². The van der Waals surface area contributed by atoms with Crippen LogP contribution in [0.5, 0.6) is 0 Å². The largest absolute Gasteiger partial charge is 0.355 e. The predicted octanol–water partition coefficient (Wildman–Crippen LogP) is 0.426. The lowest BCUT2D eigenvalue weighted by molar-refractivity contribution is -0.131. The van der Waals surface area contributed by atoms with Crippen molar-refractivity contribution < 1.29 is 9.32 Å². The lowest BCUT2D eigenvalue weighted by Crippen LogP contribution is -2.46. The highest BCUT2D eigenvalue weighted by atomic mass is 16.5. The Labute approximate surface area is 107 Å². The lowest BCUT2D eigenvalue weighted by atomic mass is 9.80. The molecule has 18 heavy (non-hydrogen) atoms. The van der Waals surface area contributed by atoms with E-state index in [4.69, 9.17) is 4.52 Å². The Morgan fingerprint density at radius 3 is 2.83 bits per heavy atom. The quantitative estimate of drug-likeness (QED) is 0.812. The molecule has 2 heterocycles. The van der Waals surface area contributed by atoms with Crippen molar-refractivity contribution in [3.63, 3.8) is 0 Å². The molecule has 0 atom stereocenters. The molecule has 0 unspecified atom stereocenters. The van der Waals surface area contributed by atoms with Gasteiger partial charge in [-0.25, -0.2) is 0 Å². The molecule has 0 spiro atoms. The van der Waals surface area contributed by atoms with Crippen LogP contribution < -0.4 is 10.6 Å². The van der Waals surface area contributed by atoms with Crippen molar-refractivity contribution in [2.45, 2.75) is 33.1 Å². The zero-order chi connectivity index (χ0) is 13.0. The van der Waals surface area contributed by atoms with Crippen LogP contribution in [0.4, 0.5) is 0 Å². The molecule has 0 saturated carbocycles. The van der Waals surface area contributed by atoms with Crippen LogP contribution in [-0.4, -0.2) is 35.7 Å². The van der Waals surface area contributed by atoms with Gasteiger partial charge >= 0.3 is 0 Å². The van der Waals surface area contributed by atoms with Crippen LogP contribution in [-0.2, 0) is 11.2 Å². The summed E-state index contributed by atoms with van der Waals surface area (Å²) in [5.74, 6) is 1.33. The van der Waals surface area contributed by atoms with Crippen LogP contribution in [0.15, 0.2) is 4.52 Å². The van der Waals surface area contributed by atoms with Gasteiger partial charge in [-0.05, 0) is 25.9 Å². The number of hydrogen-bond acceptors (Lipinski definition) is 5. The summed E-state index contributed by atoms with van der Waals surface area (Å²) in [6.07, 6.45) is 2.39. The van der Waals surface area contributed by atoms with E-state index in [-0.39, 0.29) is 11.3 Å². The number of nitrogens with one attached hydrogen (secondary N) is 2. The zero-order valence-corrected chi connectivity index (χ0v) is 11.0. The third kappa shape index (κ3) is 3.07. The van der Waals surface area contributed by atoms with Gasteiger partial charge in [0.1, 0.15) is 0 Å². The summed E-state index contributed by atoms with van der Waals surface area (Å²) in [6.45, 7) is 6.16. The number of carbonyl (C=O) groups is 1. The van der Waals surface area contributed by atoms with Crippen molar-refractivity contribution in [3.8, 4) is 0 Å². The maximum absolute atomic E-state index is 12.1. The normalized spacial score (nSPS) is 18.6. The number of carbonyl (C=O) groups excluding carboxylic acids is 1. The van der Waals surface area contributed by atoms with Gasteiger partial charge in [0.25, 0.3) is 0 Å². The Morgan fingerprint density at radius 1 is 1.50 bits per heavy atom. The Morgan fingerprint density at radius 2 is 2.22 bits per heavy atom. The second-order valence-corrected chi connectivity index (χ2v) is 5.05. The van der Waals surface area contributed by atoms with E-state index in [9.17, 15) is 4.79 Å². The van der Waals surface area contributed by atoms with E-state index in [1.807, 2.05) is 6.92 Å². The maximum atomic E-state index is 12.1.